The molecule has 1 saturated carbocycles. The average molecular weight is 258 g/mol. The van der Waals surface area contributed by atoms with E-state index in [1.54, 1.807) is 0 Å². The van der Waals surface area contributed by atoms with E-state index < -0.39 is 0 Å². The molecule has 0 aromatic rings. The molecule has 1 fully saturated rings. The van der Waals surface area contributed by atoms with Crippen molar-refractivity contribution >= 4 is 11.8 Å². The minimum Gasteiger partial charge on any atom is -0.330 e. The topological polar surface area (TPSA) is 29.3 Å². The Labute approximate surface area is 112 Å². The molecule has 0 spiro atoms. The van der Waals surface area contributed by atoms with Crippen LogP contribution in [0.1, 0.15) is 45.4 Å². The van der Waals surface area contributed by atoms with Gasteiger partial charge in [0.2, 0.25) is 0 Å². The molecule has 0 radical (unpaired) electrons. The SMILES string of the molecule is CCC(CSC)N(C)CC1(CN)CCCCC1. The molecule has 2 nitrogen and oxygen atoms in total. The maximum atomic E-state index is 6.07. The van der Waals surface area contributed by atoms with Gasteiger partial charge in [0.1, 0.15) is 0 Å². The Kier molecular flexibility index (Phi) is 6.90. The van der Waals surface area contributed by atoms with Gasteiger partial charge in [0.05, 0.1) is 0 Å². The zero-order chi connectivity index (χ0) is 12.7. The average Bonchev–Trinajstić information content (AvgIpc) is 2.36. The number of nitrogens with zero attached hydrogens (tertiary/aromatic N) is 1. The fourth-order valence-electron chi connectivity index (χ4n) is 3.14. The molecule has 0 amide bonds. The molecule has 0 bridgehead atoms. The van der Waals surface area contributed by atoms with Crippen LogP contribution in [-0.4, -0.2) is 43.1 Å². The second-order valence-corrected chi connectivity index (χ2v) is 6.61. The van der Waals surface area contributed by atoms with Crippen LogP contribution in [0.3, 0.4) is 0 Å². The minimum absolute atomic E-state index is 0.416. The quantitative estimate of drug-likeness (QED) is 0.761. The third-order valence-electron chi connectivity index (χ3n) is 4.39. The molecule has 0 aliphatic heterocycles. The second-order valence-electron chi connectivity index (χ2n) is 5.70. The van der Waals surface area contributed by atoms with Gasteiger partial charge in [-0.25, -0.2) is 0 Å². The molecule has 1 aliphatic carbocycles. The van der Waals surface area contributed by atoms with Crippen molar-refractivity contribution in [1.29, 1.82) is 0 Å². The molecule has 0 aromatic carbocycles. The van der Waals surface area contributed by atoms with Gasteiger partial charge in [-0.05, 0) is 44.5 Å². The molecular weight excluding hydrogens is 228 g/mol. The van der Waals surface area contributed by atoms with Crippen LogP contribution in [0.4, 0.5) is 0 Å². The molecule has 17 heavy (non-hydrogen) atoms. The van der Waals surface area contributed by atoms with Crippen molar-refractivity contribution in [2.45, 2.75) is 51.5 Å². The van der Waals surface area contributed by atoms with Gasteiger partial charge in [0, 0.05) is 18.3 Å². The van der Waals surface area contributed by atoms with Crippen LogP contribution in [0.15, 0.2) is 0 Å². The highest BCUT2D eigenvalue weighted by Gasteiger charge is 2.32. The summed E-state index contributed by atoms with van der Waals surface area (Å²) in [5, 5.41) is 0. The first-order valence-electron chi connectivity index (χ1n) is 7.06. The van der Waals surface area contributed by atoms with Crippen LogP contribution in [0, 0.1) is 5.41 Å². The summed E-state index contributed by atoms with van der Waals surface area (Å²) in [5.41, 5.74) is 6.49. The monoisotopic (exact) mass is 258 g/mol. The van der Waals surface area contributed by atoms with E-state index in [-0.39, 0.29) is 0 Å². The molecule has 0 heterocycles. The van der Waals surface area contributed by atoms with Gasteiger partial charge in [-0.3, -0.25) is 0 Å². The van der Waals surface area contributed by atoms with E-state index in [0.717, 1.165) is 12.6 Å². The van der Waals surface area contributed by atoms with Crippen LogP contribution in [0.25, 0.3) is 0 Å². The Balaban J connectivity index is 2.53. The molecule has 102 valence electrons. The third kappa shape index (κ3) is 4.46. The summed E-state index contributed by atoms with van der Waals surface area (Å²) in [6.07, 6.45) is 10.3. The first-order valence-corrected chi connectivity index (χ1v) is 8.46. The number of rotatable bonds is 7. The van der Waals surface area contributed by atoms with Gasteiger partial charge in [0.25, 0.3) is 0 Å². The van der Waals surface area contributed by atoms with Crippen LogP contribution < -0.4 is 5.73 Å². The molecule has 0 aromatic heterocycles. The summed E-state index contributed by atoms with van der Waals surface area (Å²) in [4.78, 5) is 2.56. The highest BCUT2D eigenvalue weighted by Crippen LogP contribution is 2.36. The highest BCUT2D eigenvalue weighted by molar-refractivity contribution is 7.98. The Morgan fingerprint density at radius 1 is 1.29 bits per heavy atom. The molecular formula is C14H30N2S. The molecule has 1 atom stereocenters. The van der Waals surface area contributed by atoms with E-state index in [0.29, 0.717) is 5.41 Å². The molecule has 3 heteroatoms. The minimum atomic E-state index is 0.416. The number of hydrogen-bond donors (Lipinski definition) is 1. The van der Waals surface area contributed by atoms with Crippen molar-refractivity contribution in [3.05, 3.63) is 0 Å². The van der Waals surface area contributed by atoms with Gasteiger partial charge in [0.15, 0.2) is 0 Å². The number of nitrogens with two attached hydrogens (primary N) is 1. The summed E-state index contributed by atoms with van der Waals surface area (Å²) >= 11 is 1.96. The highest BCUT2D eigenvalue weighted by atomic mass is 32.2. The predicted octanol–water partition coefficient (Wildman–Crippen LogP) is 2.97. The first kappa shape index (κ1) is 15.3. The van der Waals surface area contributed by atoms with Crippen molar-refractivity contribution in [3.8, 4) is 0 Å². The van der Waals surface area contributed by atoms with Crippen LogP contribution in [0.5, 0.6) is 0 Å². The van der Waals surface area contributed by atoms with Crippen molar-refractivity contribution < 1.29 is 0 Å². The summed E-state index contributed by atoms with van der Waals surface area (Å²) in [5.74, 6) is 1.24. The lowest BCUT2D eigenvalue weighted by atomic mass is 9.73. The smallest absolute Gasteiger partial charge is 0.0180 e. The van der Waals surface area contributed by atoms with Gasteiger partial charge >= 0.3 is 0 Å². The standard InChI is InChI=1S/C14H30N2S/c1-4-13(10-17-3)16(2)12-14(11-15)8-6-5-7-9-14/h13H,4-12,15H2,1-3H3. The van der Waals surface area contributed by atoms with E-state index in [4.69, 9.17) is 5.73 Å². The van der Waals surface area contributed by atoms with Crippen molar-refractivity contribution in [2.24, 2.45) is 11.1 Å². The second kappa shape index (κ2) is 7.65. The zero-order valence-corrected chi connectivity index (χ0v) is 12.7. The van der Waals surface area contributed by atoms with E-state index in [1.165, 1.54) is 50.8 Å². The molecule has 1 rings (SSSR count). The van der Waals surface area contributed by atoms with Crippen LogP contribution in [0.2, 0.25) is 0 Å². The Morgan fingerprint density at radius 3 is 2.41 bits per heavy atom. The van der Waals surface area contributed by atoms with Crippen LogP contribution in [-0.2, 0) is 0 Å². The van der Waals surface area contributed by atoms with E-state index >= 15 is 0 Å². The third-order valence-corrected chi connectivity index (χ3v) is 5.10. The Morgan fingerprint density at radius 2 is 1.94 bits per heavy atom. The Hall–Kier alpha value is 0.270. The van der Waals surface area contributed by atoms with Crippen molar-refractivity contribution in [3.63, 3.8) is 0 Å². The lowest BCUT2D eigenvalue weighted by molar-refractivity contribution is 0.106. The zero-order valence-electron chi connectivity index (χ0n) is 11.9. The summed E-state index contributed by atoms with van der Waals surface area (Å²) in [6.45, 7) is 4.36. The maximum absolute atomic E-state index is 6.07. The summed E-state index contributed by atoms with van der Waals surface area (Å²) in [7, 11) is 2.29. The van der Waals surface area contributed by atoms with Gasteiger partial charge in [-0.2, -0.15) is 11.8 Å². The van der Waals surface area contributed by atoms with E-state index in [1.807, 2.05) is 11.8 Å². The largest absolute Gasteiger partial charge is 0.330 e. The van der Waals surface area contributed by atoms with Gasteiger partial charge in [-0.1, -0.05) is 26.2 Å². The van der Waals surface area contributed by atoms with E-state index in [9.17, 15) is 0 Å². The molecule has 2 N–H and O–H groups in total. The fourth-order valence-corrected chi connectivity index (χ4v) is 4.01. The first-order chi connectivity index (χ1) is 8.17. The number of hydrogen-bond acceptors (Lipinski definition) is 3. The van der Waals surface area contributed by atoms with Crippen molar-refractivity contribution in [1.82, 2.24) is 4.90 Å². The normalized spacial score (nSPS) is 21.7. The fraction of sp³-hybridized carbons (Fsp3) is 1.00. The molecule has 1 unspecified atom stereocenters. The molecule has 1 aliphatic rings. The van der Waals surface area contributed by atoms with Crippen molar-refractivity contribution in [2.75, 3.05) is 32.1 Å². The Bertz CT molecular complexity index is 202. The van der Waals surface area contributed by atoms with Crippen LogP contribution >= 0.6 is 11.8 Å². The summed E-state index contributed by atoms with van der Waals surface area (Å²) in [6, 6.07) is 0.718. The van der Waals surface area contributed by atoms with Gasteiger partial charge < -0.3 is 10.6 Å². The summed E-state index contributed by atoms with van der Waals surface area (Å²) < 4.78 is 0. The lowest BCUT2D eigenvalue weighted by Crippen LogP contribution is -2.46. The predicted molar refractivity (Wildman–Crippen MR) is 79.7 cm³/mol. The number of thioether (sulfide) groups is 1. The molecule has 0 saturated heterocycles. The van der Waals surface area contributed by atoms with E-state index in [2.05, 4.69) is 25.1 Å². The maximum Gasteiger partial charge on any atom is 0.0180 e. The van der Waals surface area contributed by atoms with Gasteiger partial charge in [-0.15, -0.1) is 0 Å². The lowest BCUT2D eigenvalue weighted by Gasteiger charge is -2.41.